The second kappa shape index (κ2) is 5.21. The quantitative estimate of drug-likeness (QED) is 0.877. The van der Waals surface area contributed by atoms with Crippen LogP contribution in [-0.4, -0.2) is 11.6 Å². The highest BCUT2D eigenvalue weighted by atomic mass is 16.5. The Kier molecular flexibility index (Phi) is 3.45. The van der Waals surface area contributed by atoms with Gasteiger partial charge >= 0.3 is 0 Å². The van der Waals surface area contributed by atoms with Crippen LogP contribution in [0.15, 0.2) is 42.7 Å². The first kappa shape index (κ1) is 11.3. The van der Waals surface area contributed by atoms with Crippen LogP contribution in [0, 0.1) is 0 Å². The third-order valence-corrected chi connectivity index (χ3v) is 2.15. The van der Waals surface area contributed by atoms with Crippen molar-refractivity contribution >= 4 is 5.69 Å². The first-order valence-corrected chi connectivity index (χ1v) is 5.40. The Labute approximate surface area is 100 Å². The molecular formula is C13H14N2O2. The maximum absolute atomic E-state index is 5.75. The molecule has 0 spiro atoms. The van der Waals surface area contributed by atoms with Crippen LogP contribution in [0.3, 0.4) is 0 Å². The van der Waals surface area contributed by atoms with Gasteiger partial charge in [-0.05, 0) is 19.1 Å². The van der Waals surface area contributed by atoms with Gasteiger partial charge in [0, 0.05) is 18.3 Å². The van der Waals surface area contributed by atoms with Crippen molar-refractivity contribution in [2.45, 2.75) is 6.92 Å². The van der Waals surface area contributed by atoms with Crippen molar-refractivity contribution in [1.82, 2.24) is 4.98 Å². The molecule has 0 fully saturated rings. The minimum absolute atomic E-state index is 0.509. The van der Waals surface area contributed by atoms with Crippen LogP contribution < -0.4 is 15.2 Å². The number of anilines is 1. The summed E-state index contributed by atoms with van der Waals surface area (Å²) >= 11 is 0. The molecule has 0 atom stereocenters. The lowest BCUT2D eigenvalue weighted by molar-refractivity contribution is 0.338. The molecule has 88 valence electrons. The van der Waals surface area contributed by atoms with Crippen molar-refractivity contribution in [2.75, 3.05) is 12.3 Å². The number of aromatic nitrogens is 1. The summed E-state index contributed by atoms with van der Waals surface area (Å²) in [7, 11) is 0. The summed E-state index contributed by atoms with van der Waals surface area (Å²) in [6.45, 7) is 2.56. The number of pyridine rings is 1. The van der Waals surface area contributed by atoms with Crippen molar-refractivity contribution in [2.24, 2.45) is 0 Å². The molecule has 0 saturated carbocycles. The van der Waals surface area contributed by atoms with Crippen molar-refractivity contribution < 1.29 is 9.47 Å². The Hall–Kier alpha value is -2.23. The molecule has 0 unspecified atom stereocenters. The van der Waals surface area contributed by atoms with Gasteiger partial charge in [0.1, 0.15) is 11.5 Å². The van der Waals surface area contributed by atoms with Gasteiger partial charge in [-0.25, -0.2) is 0 Å². The monoisotopic (exact) mass is 230 g/mol. The SMILES string of the molecule is CCOc1cccc(Oc2ccncc2N)c1. The predicted octanol–water partition coefficient (Wildman–Crippen LogP) is 2.85. The summed E-state index contributed by atoms with van der Waals surface area (Å²) in [6.07, 6.45) is 3.19. The molecule has 2 N–H and O–H groups in total. The van der Waals surface area contributed by atoms with E-state index < -0.39 is 0 Å². The number of hydrogen-bond acceptors (Lipinski definition) is 4. The molecule has 1 aromatic carbocycles. The summed E-state index contributed by atoms with van der Waals surface area (Å²) in [4.78, 5) is 3.90. The van der Waals surface area contributed by atoms with E-state index in [-0.39, 0.29) is 0 Å². The van der Waals surface area contributed by atoms with Gasteiger partial charge < -0.3 is 15.2 Å². The average molecular weight is 230 g/mol. The van der Waals surface area contributed by atoms with Gasteiger partial charge in [-0.15, -0.1) is 0 Å². The number of nitrogen functional groups attached to an aromatic ring is 1. The molecule has 0 aliphatic heterocycles. The molecule has 0 radical (unpaired) electrons. The fraction of sp³-hybridized carbons (Fsp3) is 0.154. The van der Waals surface area contributed by atoms with E-state index in [4.69, 9.17) is 15.2 Å². The van der Waals surface area contributed by atoms with Crippen LogP contribution in [0.2, 0.25) is 0 Å². The van der Waals surface area contributed by atoms with E-state index in [9.17, 15) is 0 Å². The molecule has 2 rings (SSSR count). The Morgan fingerprint density at radius 1 is 1.24 bits per heavy atom. The molecule has 1 heterocycles. The van der Waals surface area contributed by atoms with Crippen molar-refractivity contribution in [3.63, 3.8) is 0 Å². The van der Waals surface area contributed by atoms with E-state index >= 15 is 0 Å². The summed E-state index contributed by atoms with van der Waals surface area (Å²) in [5.74, 6) is 2.06. The highest BCUT2D eigenvalue weighted by molar-refractivity contribution is 5.51. The number of rotatable bonds is 4. The second-order valence-electron chi connectivity index (χ2n) is 3.42. The molecule has 0 saturated heterocycles. The molecule has 2 aromatic rings. The van der Waals surface area contributed by atoms with Crippen LogP contribution in [0.5, 0.6) is 17.2 Å². The van der Waals surface area contributed by atoms with Crippen LogP contribution in [0.25, 0.3) is 0 Å². The normalized spacial score (nSPS) is 9.94. The standard InChI is InChI=1S/C13H14N2O2/c1-2-16-10-4-3-5-11(8-10)17-13-6-7-15-9-12(13)14/h3-9H,2,14H2,1H3. The Bertz CT molecular complexity index is 500. The molecule has 0 bridgehead atoms. The molecule has 0 aliphatic rings. The van der Waals surface area contributed by atoms with Gasteiger partial charge in [0.2, 0.25) is 0 Å². The highest BCUT2D eigenvalue weighted by Crippen LogP contribution is 2.28. The minimum Gasteiger partial charge on any atom is -0.494 e. The van der Waals surface area contributed by atoms with Gasteiger partial charge in [-0.1, -0.05) is 6.07 Å². The molecule has 1 aromatic heterocycles. The van der Waals surface area contributed by atoms with E-state index in [1.807, 2.05) is 31.2 Å². The van der Waals surface area contributed by atoms with Crippen LogP contribution in [-0.2, 0) is 0 Å². The van der Waals surface area contributed by atoms with E-state index in [1.165, 1.54) is 0 Å². The van der Waals surface area contributed by atoms with Crippen molar-refractivity contribution in [1.29, 1.82) is 0 Å². The smallest absolute Gasteiger partial charge is 0.153 e. The Morgan fingerprint density at radius 3 is 2.82 bits per heavy atom. The number of benzene rings is 1. The summed E-state index contributed by atoms with van der Waals surface area (Å²) in [5, 5.41) is 0. The fourth-order valence-corrected chi connectivity index (χ4v) is 1.41. The van der Waals surface area contributed by atoms with E-state index in [1.54, 1.807) is 18.5 Å². The van der Waals surface area contributed by atoms with Crippen LogP contribution in [0.1, 0.15) is 6.92 Å². The van der Waals surface area contributed by atoms with E-state index in [2.05, 4.69) is 4.98 Å². The van der Waals surface area contributed by atoms with Gasteiger partial charge in [0.15, 0.2) is 5.75 Å². The summed E-state index contributed by atoms with van der Waals surface area (Å²) in [5.41, 5.74) is 6.25. The average Bonchev–Trinajstić information content (AvgIpc) is 2.33. The molecule has 4 nitrogen and oxygen atoms in total. The van der Waals surface area contributed by atoms with Crippen LogP contribution in [0.4, 0.5) is 5.69 Å². The lowest BCUT2D eigenvalue weighted by atomic mass is 10.3. The van der Waals surface area contributed by atoms with Crippen molar-refractivity contribution in [3.05, 3.63) is 42.7 Å². The van der Waals surface area contributed by atoms with E-state index in [0.29, 0.717) is 23.8 Å². The first-order valence-electron chi connectivity index (χ1n) is 5.40. The highest BCUT2D eigenvalue weighted by Gasteiger charge is 2.02. The zero-order valence-corrected chi connectivity index (χ0v) is 9.59. The molecule has 0 aliphatic carbocycles. The predicted molar refractivity (Wildman–Crippen MR) is 66.3 cm³/mol. The first-order chi connectivity index (χ1) is 8.29. The lowest BCUT2D eigenvalue weighted by Crippen LogP contribution is -1.94. The summed E-state index contributed by atoms with van der Waals surface area (Å²) in [6, 6.07) is 9.15. The van der Waals surface area contributed by atoms with Gasteiger partial charge in [-0.2, -0.15) is 0 Å². The van der Waals surface area contributed by atoms with Crippen LogP contribution >= 0.6 is 0 Å². The van der Waals surface area contributed by atoms with E-state index in [0.717, 1.165) is 5.75 Å². The second-order valence-corrected chi connectivity index (χ2v) is 3.42. The molecular weight excluding hydrogens is 216 g/mol. The maximum Gasteiger partial charge on any atom is 0.153 e. The maximum atomic E-state index is 5.75. The minimum atomic E-state index is 0.509. The largest absolute Gasteiger partial charge is 0.494 e. The molecule has 4 heteroatoms. The van der Waals surface area contributed by atoms with Crippen molar-refractivity contribution in [3.8, 4) is 17.2 Å². The lowest BCUT2D eigenvalue weighted by Gasteiger charge is -2.09. The molecule has 17 heavy (non-hydrogen) atoms. The number of nitrogens with two attached hydrogens (primary N) is 1. The summed E-state index contributed by atoms with van der Waals surface area (Å²) < 4.78 is 11.0. The number of nitrogens with zero attached hydrogens (tertiary/aromatic N) is 1. The zero-order valence-electron chi connectivity index (χ0n) is 9.59. The zero-order chi connectivity index (χ0) is 12.1. The third kappa shape index (κ3) is 2.87. The third-order valence-electron chi connectivity index (χ3n) is 2.15. The van der Waals surface area contributed by atoms with Gasteiger partial charge in [-0.3, -0.25) is 4.98 Å². The van der Waals surface area contributed by atoms with Gasteiger partial charge in [0.05, 0.1) is 18.5 Å². The van der Waals surface area contributed by atoms with Gasteiger partial charge in [0.25, 0.3) is 0 Å². The molecule has 0 amide bonds. The topological polar surface area (TPSA) is 57.4 Å². The number of hydrogen-bond donors (Lipinski definition) is 1. The number of ether oxygens (including phenoxy) is 2. The Balaban J connectivity index is 2.18. The fourth-order valence-electron chi connectivity index (χ4n) is 1.41. The Morgan fingerprint density at radius 2 is 2.06 bits per heavy atom.